The summed E-state index contributed by atoms with van der Waals surface area (Å²) in [7, 11) is -3.18. The van der Waals surface area contributed by atoms with Gasteiger partial charge in [0.05, 0.1) is 11.8 Å². The van der Waals surface area contributed by atoms with Crippen molar-refractivity contribution in [3.8, 4) is 0 Å². The van der Waals surface area contributed by atoms with Crippen LogP contribution in [-0.2, 0) is 22.6 Å². The summed E-state index contributed by atoms with van der Waals surface area (Å²) in [4.78, 5) is 0. The highest BCUT2D eigenvalue weighted by molar-refractivity contribution is 7.88. The summed E-state index contributed by atoms with van der Waals surface area (Å²) in [6.07, 6.45) is -0.166. The van der Waals surface area contributed by atoms with E-state index in [1.807, 2.05) is 0 Å². The lowest BCUT2D eigenvalue weighted by Crippen LogP contribution is -2.39. The van der Waals surface area contributed by atoms with E-state index in [1.165, 1.54) is 22.7 Å². The Bertz CT molecular complexity index is 613. The Hall–Kier alpha value is -1.08. The molecule has 1 fully saturated rings. The fourth-order valence-electron chi connectivity index (χ4n) is 2.84. The van der Waals surface area contributed by atoms with Gasteiger partial charge in [0.2, 0.25) is 10.0 Å². The van der Waals surface area contributed by atoms with Crippen molar-refractivity contribution in [2.24, 2.45) is 5.92 Å². The molecule has 2 rings (SSSR count). The molecule has 0 aliphatic carbocycles. The zero-order valence-electron chi connectivity index (χ0n) is 12.4. The minimum Gasteiger partial charge on any atom is -0.213 e. The number of piperidine rings is 1. The van der Waals surface area contributed by atoms with E-state index >= 15 is 0 Å². The number of alkyl halides is 3. The van der Waals surface area contributed by atoms with Gasteiger partial charge < -0.3 is 0 Å². The number of aryl methyl sites for hydroxylation is 1. The van der Waals surface area contributed by atoms with E-state index in [-0.39, 0.29) is 5.92 Å². The molecule has 0 radical (unpaired) electrons. The minimum atomic E-state index is -4.33. The highest BCUT2D eigenvalue weighted by Gasteiger charge is 2.30. The van der Waals surface area contributed by atoms with Gasteiger partial charge in [-0.15, -0.1) is 0 Å². The summed E-state index contributed by atoms with van der Waals surface area (Å²) in [6, 6.07) is 5.35. The Morgan fingerprint density at radius 1 is 1.32 bits per heavy atom. The molecule has 1 atom stereocenters. The molecule has 0 N–H and O–H groups in total. The number of sulfonamides is 1. The first-order valence-electron chi connectivity index (χ1n) is 7.27. The molecule has 0 saturated carbocycles. The maximum Gasteiger partial charge on any atom is 0.416 e. The molecule has 1 aliphatic rings. The van der Waals surface area contributed by atoms with Gasteiger partial charge >= 0.3 is 6.18 Å². The van der Waals surface area contributed by atoms with Gasteiger partial charge in [0.15, 0.2) is 0 Å². The lowest BCUT2D eigenvalue weighted by atomic mass is 9.92. The van der Waals surface area contributed by atoms with Crippen LogP contribution >= 0.6 is 0 Å². The molecule has 22 heavy (non-hydrogen) atoms. The second-order valence-electron chi connectivity index (χ2n) is 5.87. The third-order valence-corrected chi connectivity index (χ3v) is 5.32. The molecule has 0 amide bonds. The van der Waals surface area contributed by atoms with Gasteiger partial charge in [0, 0.05) is 13.1 Å². The zero-order valence-corrected chi connectivity index (χ0v) is 13.3. The van der Waals surface area contributed by atoms with Gasteiger partial charge in [-0.1, -0.05) is 18.2 Å². The number of benzene rings is 1. The van der Waals surface area contributed by atoms with Gasteiger partial charge in [-0.25, -0.2) is 12.7 Å². The normalized spacial score (nSPS) is 21.0. The quantitative estimate of drug-likeness (QED) is 0.846. The Morgan fingerprint density at radius 2 is 2.05 bits per heavy atom. The lowest BCUT2D eigenvalue weighted by Gasteiger charge is -2.31. The second-order valence-corrected chi connectivity index (χ2v) is 7.85. The van der Waals surface area contributed by atoms with E-state index in [4.69, 9.17) is 0 Å². The predicted octanol–water partition coefficient (Wildman–Crippen LogP) is 3.31. The van der Waals surface area contributed by atoms with Crippen LogP contribution in [-0.4, -0.2) is 32.1 Å². The summed E-state index contributed by atoms with van der Waals surface area (Å²) < 4.78 is 62.6. The first kappa shape index (κ1) is 17.3. The predicted molar refractivity (Wildman–Crippen MR) is 78.9 cm³/mol. The van der Waals surface area contributed by atoms with E-state index in [1.54, 1.807) is 6.07 Å². The highest BCUT2D eigenvalue weighted by Crippen LogP contribution is 2.30. The fraction of sp³-hybridized carbons (Fsp3) is 0.600. The summed E-state index contributed by atoms with van der Waals surface area (Å²) in [5, 5.41) is 0. The average Bonchev–Trinajstić information content (AvgIpc) is 2.44. The number of hydrogen-bond donors (Lipinski definition) is 0. The number of halogens is 3. The summed E-state index contributed by atoms with van der Waals surface area (Å²) in [5.41, 5.74) is 0.0118. The van der Waals surface area contributed by atoms with E-state index in [2.05, 4.69) is 0 Å². The molecule has 0 spiro atoms. The largest absolute Gasteiger partial charge is 0.416 e. The SMILES string of the molecule is CS(=O)(=O)N1CCCC(CCc2cccc(C(F)(F)F)c2)C1. The van der Waals surface area contributed by atoms with Crippen molar-refractivity contribution < 1.29 is 21.6 Å². The monoisotopic (exact) mass is 335 g/mol. The van der Waals surface area contributed by atoms with Crippen molar-refractivity contribution >= 4 is 10.0 Å². The summed E-state index contributed by atoms with van der Waals surface area (Å²) in [5.74, 6) is 0.206. The molecule has 1 aromatic carbocycles. The molecule has 1 saturated heterocycles. The van der Waals surface area contributed by atoms with Crippen LogP contribution in [0.25, 0.3) is 0 Å². The zero-order chi connectivity index (χ0) is 16.4. The van der Waals surface area contributed by atoms with Crippen LogP contribution in [0.1, 0.15) is 30.4 Å². The molecule has 1 unspecified atom stereocenters. The maximum atomic E-state index is 12.7. The third kappa shape index (κ3) is 4.71. The molecule has 1 heterocycles. The van der Waals surface area contributed by atoms with Gasteiger partial charge in [-0.05, 0) is 43.2 Å². The Kier molecular flexibility index (Phi) is 5.17. The number of hydrogen-bond acceptors (Lipinski definition) is 2. The second kappa shape index (κ2) is 6.58. The van der Waals surface area contributed by atoms with Crippen molar-refractivity contribution in [1.29, 1.82) is 0 Å². The molecule has 1 aliphatic heterocycles. The van der Waals surface area contributed by atoms with E-state index in [9.17, 15) is 21.6 Å². The number of rotatable bonds is 4. The first-order valence-corrected chi connectivity index (χ1v) is 9.12. The maximum absolute atomic E-state index is 12.7. The van der Waals surface area contributed by atoms with Crippen LogP contribution in [0.5, 0.6) is 0 Å². The number of nitrogens with zero attached hydrogens (tertiary/aromatic N) is 1. The minimum absolute atomic E-state index is 0.206. The molecule has 1 aromatic rings. The molecule has 7 heteroatoms. The fourth-order valence-corrected chi connectivity index (χ4v) is 3.78. The van der Waals surface area contributed by atoms with Crippen LogP contribution < -0.4 is 0 Å². The lowest BCUT2D eigenvalue weighted by molar-refractivity contribution is -0.137. The van der Waals surface area contributed by atoms with Crippen molar-refractivity contribution in [2.45, 2.75) is 31.9 Å². The van der Waals surface area contributed by atoms with E-state index in [0.717, 1.165) is 18.9 Å². The third-order valence-electron chi connectivity index (χ3n) is 4.05. The van der Waals surface area contributed by atoms with Crippen molar-refractivity contribution in [3.63, 3.8) is 0 Å². The summed E-state index contributed by atoms with van der Waals surface area (Å²) >= 11 is 0. The first-order chi connectivity index (χ1) is 10.2. The Balaban J connectivity index is 1.96. The molecule has 0 bridgehead atoms. The van der Waals surface area contributed by atoms with Crippen LogP contribution in [0.15, 0.2) is 24.3 Å². The molecular weight excluding hydrogens is 315 g/mol. The van der Waals surface area contributed by atoms with Crippen LogP contribution in [0.3, 0.4) is 0 Å². The average molecular weight is 335 g/mol. The van der Waals surface area contributed by atoms with Crippen molar-refractivity contribution in [3.05, 3.63) is 35.4 Å². The van der Waals surface area contributed by atoms with Crippen molar-refractivity contribution in [2.75, 3.05) is 19.3 Å². The molecule has 124 valence electrons. The smallest absolute Gasteiger partial charge is 0.213 e. The van der Waals surface area contributed by atoms with Crippen LogP contribution in [0, 0.1) is 5.92 Å². The van der Waals surface area contributed by atoms with Gasteiger partial charge in [-0.3, -0.25) is 0 Å². The van der Waals surface area contributed by atoms with Gasteiger partial charge in [-0.2, -0.15) is 13.2 Å². The standard InChI is InChI=1S/C15H20F3NO2S/c1-22(20,21)19-9-3-5-13(11-19)8-7-12-4-2-6-14(10-12)15(16,17)18/h2,4,6,10,13H,3,5,7-9,11H2,1H3. The topological polar surface area (TPSA) is 37.4 Å². The highest BCUT2D eigenvalue weighted by atomic mass is 32.2. The Labute approximate surface area is 129 Å². The summed E-state index contributed by atoms with van der Waals surface area (Å²) in [6.45, 7) is 1.01. The Morgan fingerprint density at radius 3 is 2.68 bits per heavy atom. The van der Waals surface area contributed by atoms with Crippen LogP contribution in [0.4, 0.5) is 13.2 Å². The van der Waals surface area contributed by atoms with E-state index < -0.39 is 21.8 Å². The van der Waals surface area contributed by atoms with Crippen LogP contribution in [0.2, 0.25) is 0 Å². The molecule has 0 aromatic heterocycles. The molecule has 3 nitrogen and oxygen atoms in total. The van der Waals surface area contributed by atoms with E-state index in [0.29, 0.717) is 31.5 Å². The van der Waals surface area contributed by atoms with Gasteiger partial charge in [0.1, 0.15) is 0 Å². The molecular formula is C15H20F3NO2S. The van der Waals surface area contributed by atoms with Gasteiger partial charge in [0.25, 0.3) is 0 Å². The van der Waals surface area contributed by atoms with Crippen molar-refractivity contribution in [1.82, 2.24) is 4.31 Å².